The molecule has 116 valence electrons. The Kier molecular flexibility index (Phi) is 4.38. The van der Waals surface area contributed by atoms with Crippen LogP contribution in [-0.4, -0.2) is 55.5 Å². The average molecular weight is 302 g/mol. The lowest BCUT2D eigenvalue weighted by Gasteiger charge is -2.14. The summed E-state index contributed by atoms with van der Waals surface area (Å²) in [5.41, 5.74) is 1.10. The molecular formula is C14H18N6O2. The van der Waals surface area contributed by atoms with Gasteiger partial charge in [0.25, 0.3) is 5.91 Å². The zero-order valence-corrected chi connectivity index (χ0v) is 12.4. The predicted molar refractivity (Wildman–Crippen MR) is 76.8 cm³/mol. The van der Waals surface area contributed by atoms with E-state index in [9.17, 15) is 4.79 Å². The Labute approximate surface area is 128 Å². The number of rotatable bonds is 5. The third-order valence-electron chi connectivity index (χ3n) is 3.56. The highest BCUT2D eigenvalue weighted by molar-refractivity contribution is 5.91. The van der Waals surface area contributed by atoms with Crippen molar-refractivity contribution in [2.75, 3.05) is 13.7 Å². The van der Waals surface area contributed by atoms with Crippen LogP contribution in [0.5, 0.6) is 0 Å². The van der Waals surface area contributed by atoms with E-state index in [1.807, 2.05) is 0 Å². The van der Waals surface area contributed by atoms with Crippen molar-refractivity contribution in [3.05, 3.63) is 36.2 Å². The summed E-state index contributed by atoms with van der Waals surface area (Å²) in [6.07, 6.45) is 7.05. The first-order valence-corrected chi connectivity index (χ1v) is 7.24. The number of aromatic nitrogens is 5. The maximum Gasteiger partial charge on any atom is 0.276 e. The van der Waals surface area contributed by atoms with Crippen molar-refractivity contribution in [2.45, 2.75) is 32.0 Å². The first kappa shape index (κ1) is 14.6. The first-order chi connectivity index (χ1) is 10.7. The number of amides is 1. The molecular weight excluding hydrogens is 284 g/mol. The number of hydrogen-bond donors (Lipinski definition) is 0. The van der Waals surface area contributed by atoms with Gasteiger partial charge in [-0.15, -0.1) is 5.10 Å². The molecule has 2 aromatic rings. The van der Waals surface area contributed by atoms with E-state index >= 15 is 0 Å². The molecule has 2 aromatic heterocycles. The van der Waals surface area contributed by atoms with Gasteiger partial charge >= 0.3 is 0 Å². The van der Waals surface area contributed by atoms with E-state index < -0.39 is 0 Å². The predicted octanol–water partition coefficient (Wildman–Crippen LogP) is 0.519. The van der Waals surface area contributed by atoms with Crippen molar-refractivity contribution in [3.63, 3.8) is 0 Å². The van der Waals surface area contributed by atoms with Crippen LogP contribution in [0.2, 0.25) is 0 Å². The van der Waals surface area contributed by atoms with Crippen LogP contribution in [-0.2, 0) is 17.8 Å². The third-order valence-corrected chi connectivity index (χ3v) is 3.56. The van der Waals surface area contributed by atoms with Gasteiger partial charge in [0.2, 0.25) is 0 Å². The van der Waals surface area contributed by atoms with Gasteiger partial charge in [-0.2, -0.15) is 0 Å². The molecule has 0 unspecified atom stereocenters. The van der Waals surface area contributed by atoms with Crippen LogP contribution >= 0.6 is 0 Å². The lowest BCUT2D eigenvalue weighted by atomic mass is 10.2. The van der Waals surface area contributed by atoms with Gasteiger partial charge in [0.1, 0.15) is 6.33 Å². The number of hydrogen-bond acceptors (Lipinski definition) is 6. The highest BCUT2D eigenvalue weighted by atomic mass is 16.5. The van der Waals surface area contributed by atoms with Crippen LogP contribution in [0.25, 0.3) is 0 Å². The van der Waals surface area contributed by atoms with E-state index in [1.165, 1.54) is 6.33 Å². The monoisotopic (exact) mass is 302 g/mol. The molecule has 0 saturated carbocycles. The molecule has 1 aliphatic heterocycles. The van der Waals surface area contributed by atoms with Crippen molar-refractivity contribution in [1.82, 2.24) is 29.9 Å². The molecule has 3 heterocycles. The van der Waals surface area contributed by atoms with E-state index in [-0.39, 0.29) is 12.0 Å². The molecule has 0 aliphatic carbocycles. The van der Waals surface area contributed by atoms with Crippen molar-refractivity contribution >= 4 is 5.91 Å². The molecule has 0 N–H and O–H groups in total. The molecule has 1 atom stereocenters. The van der Waals surface area contributed by atoms with Crippen LogP contribution in [0, 0.1) is 0 Å². The number of carbonyl (C=O) groups excluding carboxylic acids is 1. The Hall–Kier alpha value is -2.35. The Bertz CT molecular complexity index is 623. The number of ether oxygens (including phenoxy) is 1. The van der Waals surface area contributed by atoms with Gasteiger partial charge < -0.3 is 9.64 Å². The van der Waals surface area contributed by atoms with Crippen LogP contribution in [0.1, 0.15) is 29.0 Å². The van der Waals surface area contributed by atoms with Crippen molar-refractivity contribution < 1.29 is 9.53 Å². The largest absolute Gasteiger partial charge is 0.376 e. The molecule has 1 saturated heterocycles. The maximum absolute atomic E-state index is 12.3. The first-order valence-electron chi connectivity index (χ1n) is 7.24. The molecule has 0 spiro atoms. The molecule has 0 aromatic carbocycles. The quantitative estimate of drug-likeness (QED) is 0.800. The minimum Gasteiger partial charge on any atom is -0.376 e. The molecule has 22 heavy (non-hydrogen) atoms. The number of nitrogens with zero attached hydrogens (tertiary/aromatic N) is 6. The van der Waals surface area contributed by atoms with Gasteiger partial charge in [-0.25, -0.2) is 14.6 Å². The van der Waals surface area contributed by atoms with Crippen molar-refractivity contribution in [2.24, 2.45) is 0 Å². The lowest BCUT2D eigenvalue weighted by molar-refractivity contribution is 0.0776. The Morgan fingerprint density at radius 1 is 1.55 bits per heavy atom. The summed E-state index contributed by atoms with van der Waals surface area (Å²) in [5.74, 6) is -0.183. The summed E-state index contributed by atoms with van der Waals surface area (Å²) in [6.45, 7) is 1.84. The van der Waals surface area contributed by atoms with Gasteiger partial charge in [0.15, 0.2) is 5.69 Å². The molecule has 1 fully saturated rings. The summed E-state index contributed by atoms with van der Waals surface area (Å²) in [6, 6.07) is 1.78. The maximum atomic E-state index is 12.3. The van der Waals surface area contributed by atoms with Crippen LogP contribution in [0.4, 0.5) is 0 Å². The normalized spacial score (nSPS) is 17.6. The van der Waals surface area contributed by atoms with E-state index in [0.29, 0.717) is 18.8 Å². The van der Waals surface area contributed by atoms with E-state index in [1.54, 1.807) is 35.1 Å². The summed E-state index contributed by atoms with van der Waals surface area (Å²) in [7, 11) is 1.71. The van der Waals surface area contributed by atoms with Crippen LogP contribution < -0.4 is 0 Å². The fourth-order valence-electron chi connectivity index (χ4n) is 2.40. The molecule has 8 heteroatoms. The van der Waals surface area contributed by atoms with E-state index in [0.717, 1.165) is 25.1 Å². The molecule has 1 amide bonds. The number of carbonyl (C=O) groups is 1. The van der Waals surface area contributed by atoms with Crippen molar-refractivity contribution in [1.29, 1.82) is 0 Å². The van der Waals surface area contributed by atoms with Gasteiger partial charge in [-0.3, -0.25) is 4.79 Å². The second-order valence-electron chi connectivity index (χ2n) is 5.32. The Morgan fingerprint density at radius 3 is 3.18 bits per heavy atom. The Morgan fingerprint density at radius 2 is 2.45 bits per heavy atom. The van der Waals surface area contributed by atoms with Gasteiger partial charge in [0, 0.05) is 19.9 Å². The standard InChI is InChI=1S/C14H18N6O2/c1-19(7-11-4-5-15-10-16-11)14(21)13-9-20(18-17-13)8-12-3-2-6-22-12/h4-5,9-10,12H,2-3,6-8H2,1H3/t12-/m0/s1. The second kappa shape index (κ2) is 6.61. The topological polar surface area (TPSA) is 86.0 Å². The highest BCUT2D eigenvalue weighted by Gasteiger charge is 2.20. The molecule has 8 nitrogen and oxygen atoms in total. The van der Waals surface area contributed by atoms with Crippen LogP contribution in [0.3, 0.4) is 0 Å². The summed E-state index contributed by atoms with van der Waals surface area (Å²) in [5, 5.41) is 7.96. The average Bonchev–Trinajstić information content (AvgIpc) is 3.20. The molecule has 0 radical (unpaired) electrons. The second-order valence-corrected chi connectivity index (χ2v) is 5.32. The van der Waals surface area contributed by atoms with Crippen LogP contribution in [0.15, 0.2) is 24.8 Å². The summed E-state index contributed by atoms with van der Waals surface area (Å²) in [4.78, 5) is 21.9. The lowest BCUT2D eigenvalue weighted by Crippen LogP contribution is -2.27. The Balaban J connectivity index is 1.60. The summed E-state index contributed by atoms with van der Waals surface area (Å²) < 4.78 is 7.22. The van der Waals surface area contributed by atoms with E-state index in [2.05, 4.69) is 20.3 Å². The van der Waals surface area contributed by atoms with Gasteiger partial charge in [-0.1, -0.05) is 5.21 Å². The molecule has 1 aliphatic rings. The zero-order chi connectivity index (χ0) is 15.4. The SMILES string of the molecule is CN(Cc1ccncn1)C(=O)c1cn(C[C@@H]2CCCO2)nn1. The summed E-state index contributed by atoms with van der Waals surface area (Å²) >= 11 is 0. The van der Waals surface area contributed by atoms with Crippen molar-refractivity contribution in [3.8, 4) is 0 Å². The smallest absolute Gasteiger partial charge is 0.276 e. The van der Waals surface area contributed by atoms with Gasteiger partial charge in [-0.05, 0) is 18.9 Å². The molecule has 3 rings (SSSR count). The fraction of sp³-hybridized carbons (Fsp3) is 0.500. The fourth-order valence-corrected chi connectivity index (χ4v) is 2.40. The van der Waals surface area contributed by atoms with Gasteiger partial charge in [0.05, 0.1) is 31.1 Å². The molecule has 0 bridgehead atoms. The minimum absolute atomic E-state index is 0.170. The third kappa shape index (κ3) is 3.45. The minimum atomic E-state index is -0.183. The highest BCUT2D eigenvalue weighted by Crippen LogP contribution is 2.13. The van der Waals surface area contributed by atoms with E-state index in [4.69, 9.17) is 4.74 Å². The zero-order valence-electron chi connectivity index (χ0n) is 12.4.